The summed E-state index contributed by atoms with van der Waals surface area (Å²) in [4.78, 5) is 26.7. The minimum absolute atomic E-state index is 0.123. The average Bonchev–Trinajstić information content (AvgIpc) is 2.73. The number of amides is 2. The average molecular weight is 440 g/mol. The van der Waals surface area contributed by atoms with Gasteiger partial charge in [-0.3, -0.25) is 9.59 Å². The molecule has 9 nitrogen and oxygen atoms in total. The molecule has 1 aromatic rings. The van der Waals surface area contributed by atoms with E-state index in [-0.39, 0.29) is 36.1 Å². The fourth-order valence-corrected chi connectivity index (χ4v) is 5.24. The summed E-state index contributed by atoms with van der Waals surface area (Å²) in [5.41, 5.74) is 0.291. The zero-order valence-electron chi connectivity index (χ0n) is 17.5. The van der Waals surface area contributed by atoms with Gasteiger partial charge in [-0.05, 0) is 45.0 Å². The van der Waals surface area contributed by atoms with Gasteiger partial charge in [0.1, 0.15) is 6.04 Å². The predicted octanol–water partition coefficient (Wildman–Crippen LogP) is 0.462. The van der Waals surface area contributed by atoms with Crippen molar-refractivity contribution in [3.8, 4) is 0 Å². The van der Waals surface area contributed by atoms with Crippen LogP contribution in [0.15, 0.2) is 29.2 Å². The monoisotopic (exact) mass is 439 g/mol. The lowest BCUT2D eigenvalue weighted by Gasteiger charge is -2.34. The van der Waals surface area contributed by atoms with Gasteiger partial charge in [0, 0.05) is 31.7 Å². The summed E-state index contributed by atoms with van der Waals surface area (Å²) >= 11 is 0. The zero-order chi connectivity index (χ0) is 21.9. The van der Waals surface area contributed by atoms with Gasteiger partial charge in [-0.15, -0.1) is 0 Å². The molecule has 10 heteroatoms. The topological polar surface area (TPSA) is 105 Å². The minimum Gasteiger partial charge on any atom is -0.378 e. The fourth-order valence-electron chi connectivity index (χ4n) is 3.65. The number of rotatable bonds is 5. The van der Waals surface area contributed by atoms with E-state index in [0.717, 1.165) is 0 Å². The first kappa shape index (κ1) is 22.7. The fraction of sp³-hybridized carbons (Fsp3) is 0.600. The third-order valence-electron chi connectivity index (χ3n) is 5.18. The van der Waals surface area contributed by atoms with Crippen LogP contribution in [0.4, 0.5) is 0 Å². The first-order valence-electron chi connectivity index (χ1n) is 10.1. The first-order valence-corrected chi connectivity index (χ1v) is 11.6. The Kier molecular flexibility index (Phi) is 7.12. The van der Waals surface area contributed by atoms with Gasteiger partial charge < -0.3 is 19.7 Å². The Labute approximate surface area is 177 Å². The first-order chi connectivity index (χ1) is 14.2. The molecule has 30 heavy (non-hydrogen) atoms. The van der Waals surface area contributed by atoms with E-state index >= 15 is 0 Å². The molecule has 0 spiro atoms. The molecule has 0 saturated carbocycles. The Balaban J connectivity index is 1.64. The summed E-state index contributed by atoms with van der Waals surface area (Å²) in [7, 11) is -3.67. The highest BCUT2D eigenvalue weighted by Gasteiger charge is 2.32. The maximum absolute atomic E-state index is 12.9. The van der Waals surface area contributed by atoms with E-state index in [1.54, 1.807) is 11.8 Å². The van der Waals surface area contributed by atoms with Gasteiger partial charge in [-0.2, -0.15) is 4.31 Å². The summed E-state index contributed by atoms with van der Waals surface area (Å²) in [6.45, 7) is 7.87. The molecule has 0 aromatic heterocycles. The maximum Gasteiger partial charge on any atom is 0.251 e. The Morgan fingerprint density at radius 2 is 1.63 bits per heavy atom. The van der Waals surface area contributed by atoms with Crippen molar-refractivity contribution in [2.75, 3.05) is 39.4 Å². The largest absolute Gasteiger partial charge is 0.378 e. The highest BCUT2D eigenvalue weighted by atomic mass is 32.2. The maximum atomic E-state index is 12.9. The molecule has 0 bridgehead atoms. The molecule has 2 aliphatic rings. The van der Waals surface area contributed by atoms with Crippen molar-refractivity contribution in [3.63, 3.8) is 0 Å². The Bertz CT molecular complexity index is 857. The third-order valence-corrected chi connectivity index (χ3v) is 7.03. The second kappa shape index (κ2) is 9.42. The van der Waals surface area contributed by atoms with Crippen molar-refractivity contribution in [2.24, 2.45) is 0 Å². The van der Waals surface area contributed by atoms with E-state index in [1.165, 1.54) is 28.6 Å². The van der Waals surface area contributed by atoms with E-state index in [1.807, 2.05) is 13.8 Å². The van der Waals surface area contributed by atoms with Gasteiger partial charge in [-0.25, -0.2) is 8.42 Å². The number of benzene rings is 1. The molecule has 0 radical (unpaired) electrons. The molecule has 2 heterocycles. The van der Waals surface area contributed by atoms with E-state index in [9.17, 15) is 18.0 Å². The molecular formula is C20H29N3O6S. The van der Waals surface area contributed by atoms with Gasteiger partial charge in [0.05, 0.1) is 30.3 Å². The Hall–Kier alpha value is -2.01. The number of sulfonamides is 1. The van der Waals surface area contributed by atoms with Crippen LogP contribution in [-0.2, 0) is 24.3 Å². The number of carbonyl (C=O) groups excluding carboxylic acids is 2. The molecule has 1 aromatic carbocycles. The zero-order valence-corrected chi connectivity index (χ0v) is 18.4. The minimum atomic E-state index is -3.67. The van der Waals surface area contributed by atoms with Gasteiger partial charge in [0.15, 0.2) is 0 Å². The summed E-state index contributed by atoms with van der Waals surface area (Å²) in [5.74, 6) is -0.594. The number of hydrogen-bond acceptors (Lipinski definition) is 6. The van der Waals surface area contributed by atoms with Crippen molar-refractivity contribution >= 4 is 21.8 Å². The highest BCUT2D eigenvalue weighted by molar-refractivity contribution is 7.89. The van der Waals surface area contributed by atoms with Gasteiger partial charge in [0.2, 0.25) is 15.9 Å². The van der Waals surface area contributed by atoms with E-state index < -0.39 is 22.0 Å². The second-order valence-electron chi connectivity index (χ2n) is 7.74. The predicted molar refractivity (Wildman–Crippen MR) is 110 cm³/mol. The van der Waals surface area contributed by atoms with Crippen LogP contribution >= 0.6 is 0 Å². The third kappa shape index (κ3) is 5.18. The van der Waals surface area contributed by atoms with E-state index in [2.05, 4.69) is 5.32 Å². The molecule has 1 N–H and O–H groups in total. The summed E-state index contributed by atoms with van der Waals surface area (Å²) < 4.78 is 38.1. The van der Waals surface area contributed by atoms with Crippen molar-refractivity contribution in [3.05, 3.63) is 29.8 Å². The molecule has 2 saturated heterocycles. The number of nitrogens with zero attached hydrogens (tertiary/aromatic N) is 2. The number of nitrogens with one attached hydrogen (secondary N) is 1. The standard InChI is InChI=1S/C20H29N3O6S/c1-14-12-23(13-15(2)29-14)30(26,27)18-6-4-17(5-7-18)19(24)21-16(3)20(25)22-8-10-28-11-9-22/h4-7,14-16H,8-13H2,1-3H3,(H,21,24). The highest BCUT2D eigenvalue weighted by Crippen LogP contribution is 2.21. The van der Waals surface area contributed by atoms with Gasteiger partial charge >= 0.3 is 0 Å². The lowest BCUT2D eigenvalue weighted by atomic mass is 10.2. The second-order valence-corrected chi connectivity index (χ2v) is 9.67. The lowest BCUT2D eigenvalue weighted by molar-refractivity contribution is -0.136. The molecule has 2 aliphatic heterocycles. The number of morpholine rings is 2. The molecular weight excluding hydrogens is 410 g/mol. The van der Waals surface area contributed by atoms with Crippen LogP contribution in [-0.4, -0.2) is 87.1 Å². The summed E-state index contributed by atoms with van der Waals surface area (Å²) in [5, 5.41) is 2.68. The van der Waals surface area contributed by atoms with E-state index in [0.29, 0.717) is 31.9 Å². The van der Waals surface area contributed by atoms with Gasteiger partial charge in [-0.1, -0.05) is 0 Å². The molecule has 3 unspecified atom stereocenters. The Morgan fingerprint density at radius 1 is 1.07 bits per heavy atom. The molecule has 0 aliphatic carbocycles. The van der Waals surface area contributed by atoms with Crippen LogP contribution in [0.25, 0.3) is 0 Å². The summed E-state index contributed by atoms with van der Waals surface area (Å²) in [6.07, 6.45) is -0.363. The smallest absolute Gasteiger partial charge is 0.251 e. The van der Waals surface area contributed by atoms with Crippen LogP contribution in [0.5, 0.6) is 0 Å². The molecule has 3 rings (SSSR count). The number of hydrogen-bond donors (Lipinski definition) is 1. The SMILES string of the molecule is CC1CN(S(=O)(=O)c2ccc(C(=O)NC(C)C(=O)N3CCOCC3)cc2)CC(C)O1. The van der Waals surface area contributed by atoms with Gasteiger partial charge in [0.25, 0.3) is 5.91 Å². The normalized spacial score (nSPS) is 24.3. The van der Waals surface area contributed by atoms with Crippen molar-refractivity contribution in [2.45, 2.75) is 43.9 Å². The van der Waals surface area contributed by atoms with Crippen LogP contribution < -0.4 is 5.32 Å². The lowest BCUT2D eigenvalue weighted by Crippen LogP contribution is -2.50. The molecule has 2 fully saturated rings. The quantitative estimate of drug-likeness (QED) is 0.715. The number of carbonyl (C=O) groups is 2. The van der Waals surface area contributed by atoms with Crippen molar-refractivity contribution in [1.29, 1.82) is 0 Å². The van der Waals surface area contributed by atoms with Crippen LogP contribution in [0.2, 0.25) is 0 Å². The molecule has 166 valence electrons. The number of ether oxygens (including phenoxy) is 2. The van der Waals surface area contributed by atoms with Crippen molar-refractivity contribution < 1.29 is 27.5 Å². The van der Waals surface area contributed by atoms with Crippen LogP contribution in [0, 0.1) is 0 Å². The van der Waals surface area contributed by atoms with Crippen LogP contribution in [0.3, 0.4) is 0 Å². The Morgan fingerprint density at radius 3 is 2.20 bits per heavy atom. The molecule has 3 atom stereocenters. The molecule has 2 amide bonds. The van der Waals surface area contributed by atoms with Crippen LogP contribution in [0.1, 0.15) is 31.1 Å². The van der Waals surface area contributed by atoms with E-state index in [4.69, 9.17) is 9.47 Å². The van der Waals surface area contributed by atoms with Crippen molar-refractivity contribution in [1.82, 2.24) is 14.5 Å². The summed E-state index contributed by atoms with van der Waals surface area (Å²) in [6, 6.07) is 5.07.